The predicted molar refractivity (Wildman–Crippen MR) is 75.1 cm³/mol. The first-order valence-electron chi connectivity index (χ1n) is 6.62. The number of carbonyl (C=O) groups excluding carboxylic acids is 1. The van der Waals surface area contributed by atoms with Crippen LogP contribution in [0.4, 0.5) is 18.9 Å². The van der Waals surface area contributed by atoms with E-state index < -0.39 is 24.7 Å². The van der Waals surface area contributed by atoms with Crippen molar-refractivity contribution in [1.29, 1.82) is 0 Å². The van der Waals surface area contributed by atoms with Gasteiger partial charge in [-0.25, -0.2) is 0 Å². The number of anilines is 1. The van der Waals surface area contributed by atoms with Gasteiger partial charge in [0.2, 0.25) is 0 Å². The Morgan fingerprint density at radius 1 is 1.48 bits per heavy atom. The van der Waals surface area contributed by atoms with Gasteiger partial charge in [0, 0.05) is 16.8 Å². The standard InChI is InChI=1S/C14H16ClF3N2O/c1-8(9-2-3-9)20(7-14(16,17)18)13(21)11-5-4-10(15)6-12(11)19/h4-6,8-9H,2-3,7,19H2,1H3. The van der Waals surface area contributed by atoms with Crippen LogP contribution in [0.25, 0.3) is 0 Å². The maximum Gasteiger partial charge on any atom is 0.406 e. The van der Waals surface area contributed by atoms with Gasteiger partial charge in [0.05, 0.1) is 5.56 Å². The van der Waals surface area contributed by atoms with Crippen LogP contribution in [0.5, 0.6) is 0 Å². The molecule has 2 N–H and O–H groups in total. The van der Waals surface area contributed by atoms with E-state index in [1.54, 1.807) is 6.92 Å². The summed E-state index contributed by atoms with van der Waals surface area (Å²) in [6.07, 6.45) is -2.75. The topological polar surface area (TPSA) is 46.3 Å². The number of nitrogen functional groups attached to an aromatic ring is 1. The molecule has 0 bridgehead atoms. The lowest BCUT2D eigenvalue weighted by atomic mass is 10.1. The van der Waals surface area contributed by atoms with Gasteiger partial charge in [-0.05, 0) is 43.9 Å². The number of amides is 1. The molecule has 1 fully saturated rings. The molecular weight excluding hydrogens is 305 g/mol. The van der Waals surface area contributed by atoms with Crippen molar-refractivity contribution in [2.24, 2.45) is 5.92 Å². The van der Waals surface area contributed by atoms with Crippen LogP contribution < -0.4 is 5.73 Å². The first-order chi connectivity index (χ1) is 9.69. The summed E-state index contributed by atoms with van der Waals surface area (Å²) >= 11 is 5.75. The summed E-state index contributed by atoms with van der Waals surface area (Å²) in [5.41, 5.74) is 5.84. The van der Waals surface area contributed by atoms with Crippen LogP contribution in [-0.2, 0) is 0 Å². The number of halogens is 4. The van der Waals surface area contributed by atoms with Crippen molar-refractivity contribution in [2.75, 3.05) is 12.3 Å². The molecule has 3 nitrogen and oxygen atoms in total. The molecule has 7 heteroatoms. The Hall–Kier alpha value is -1.43. The second-order valence-corrected chi connectivity index (χ2v) is 5.79. The molecule has 21 heavy (non-hydrogen) atoms. The molecule has 1 saturated carbocycles. The zero-order valence-corrected chi connectivity index (χ0v) is 12.2. The number of nitrogens with two attached hydrogens (primary N) is 1. The lowest BCUT2D eigenvalue weighted by molar-refractivity contribution is -0.144. The van der Waals surface area contributed by atoms with Gasteiger partial charge in [-0.2, -0.15) is 13.2 Å². The van der Waals surface area contributed by atoms with Gasteiger partial charge in [-0.1, -0.05) is 11.6 Å². The summed E-state index contributed by atoms with van der Waals surface area (Å²) < 4.78 is 38.2. The zero-order valence-electron chi connectivity index (χ0n) is 11.5. The first kappa shape index (κ1) is 15.9. The van der Waals surface area contributed by atoms with Crippen LogP contribution in [0.2, 0.25) is 5.02 Å². The first-order valence-corrected chi connectivity index (χ1v) is 6.99. The Balaban J connectivity index is 2.28. The SMILES string of the molecule is CC(C1CC1)N(CC(F)(F)F)C(=O)c1ccc(Cl)cc1N. The number of hydrogen-bond acceptors (Lipinski definition) is 2. The molecule has 1 atom stereocenters. The summed E-state index contributed by atoms with van der Waals surface area (Å²) in [7, 11) is 0. The average Bonchev–Trinajstić information content (AvgIpc) is 3.17. The number of alkyl halides is 3. The van der Waals surface area contributed by atoms with Gasteiger partial charge in [0.15, 0.2) is 0 Å². The van der Waals surface area contributed by atoms with Crippen molar-refractivity contribution in [2.45, 2.75) is 32.0 Å². The molecular formula is C14H16ClF3N2O. The van der Waals surface area contributed by atoms with E-state index in [0.29, 0.717) is 5.02 Å². The molecule has 0 radical (unpaired) electrons. The lowest BCUT2D eigenvalue weighted by Gasteiger charge is -2.30. The van der Waals surface area contributed by atoms with E-state index in [2.05, 4.69) is 0 Å². The van der Waals surface area contributed by atoms with Crippen LogP contribution in [-0.4, -0.2) is 29.6 Å². The average molecular weight is 321 g/mol. The minimum atomic E-state index is -4.44. The van der Waals surface area contributed by atoms with Gasteiger partial charge >= 0.3 is 6.18 Å². The predicted octanol–water partition coefficient (Wildman–Crippen LogP) is 3.73. The molecule has 1 aromatic carbocycles. The summed E-state index contributed by atoms with van der Waals surface area (Å²) in [5, 5.41) is 0.335. The largest absolute Gasteiger partial charge is 0.406 e. The Bertz CT molecular complexity index is 544. The maximum atomic E-state index is 12.7. The molecule has 0 aliphatic heterocycles. The van der Waals surface area contributed by atoms with Crippen molar-refractivity contribution >= 4 is 23.2 Å². The van der Waals surface area contributed by atoms with E-state index in [9.17, 15) is 18.0 Å². The summed E-state index contributed by atoms with van der Waals surface area (Å²) in [6.45, 7) is 0.374. The minimum Gasteiger partial charge on any atom is -0.398 e. The zero-order chi connectivity index (χ0) is 15.8. The fourth-order valence-corrected chi connectivity index (χ4v) is 2.49. The maximum absolute atomic E-state index is 12.7. The molecule has 1 aliphatic carbocycles. The van der Waals surface area contributed by atoms with Crippen LogP contribution in [0, 0.1) is 5.92 Å². The fourth-order valence-electron chi connectivity index (χ4n) is 2.31. The Morgan fingerprint density at radius 3 is 2.57 bits per heavy atom. The van der Waals surface area contributed by atoms with Crippen LogP contribution >= 0.6 is 11.6 Å². The second-order valence-electron chi connectivity index (χ2n) is 5.36. The van der Waals surface area contributed by atoms with Crippen molar-refractivity contribution in [3.63, 3.8) is 0 Å². The molecule has 1 aliphatic rings. The van der Waals surface area contributed by atoms with Gasteiger partial charge in [0.1, 0.15) is 6.54 Å². The van der Waals surface area contributed by atoms with E-state index in [1.807, 2.05) is 0 Å². The quantitative estimate of drug-likeness (QED) is 0.859. The number of carbonyl (C=O) groups is 1. The normalized spacial score (nSPS) is 16.6. The Kier molecular flexibility index (Phi) is 4.37. The van der Waals surface area contributed by atoms with E-state index in [-0.39, 0.29) is 17.2 Å². The van der Waals surface area contributed by atoms with Gasteiger partial charge in [-0.3, -0.25) is 4.79 Å². The molecule has 0 heterocycles. The third-order valence-corrected chi connectivity index (χ3v) is 3.89. The molecule has 0 aromatic heterocycles. The number of rotatable bonds is 4. The number of nitrogens with zero attached hydrogens (tertiary/aromatic N) is 1. The summed E-state index contributed by atoms with van der Waals surface area (Å²) in [5.74, 6) is -0.578. The number of benzene rings is 1. The monoisotopic (exact) mass is 320 g/mol. The minimum absolute atomic E-state index is 0.0520. The van der Waals surface area contributed by atoms with E-state index >= 15 is 0 Å². The number of hydrogen-bond donors (Lipinski definition) is 1. The molecule has 1 aromatic rings. The van der Waals surface area contributed by atoms with E-state index in [1.165, 1.54) is 18.2 Å². The van der Waals surface area contributed by atoms with E-state index in [0.717, 1.165) is 17.7 Å². The summed E-state index contributed by atoms with van der Waals surface area (Å²) in [4.78, 5) is 13.3. The highest BCUT2D eigenvalue weighted by Crippen LogP contribution is 2.37. The summed E-state index contributed by atoms with van der Waals surface area (Å²) in [6, 6.07) is 3.71. The smallest absolute Gasteiger partial charge is 0.398 e. The van der Waals surface area contributed by atoms with Crippen molar-refractivity contribution < 1.29 is 18.0 Å². The van der Waals surface area contributed by atoms with Crippen molar-refractivity contribution in [3.05, 3.63) is 28.8 Å². The third kappa shape index (κ3) is 4.03. The molecule has 0 spiro atoms. The highest BCUT2D eigenvalue weighted by atomic mass is 35.5. The van der Waals surface area contributed by atoms with Crippen molar-refractivity contribution in [1.82, 2.24) is 4.90 Å². The van der Waals surface area contributed by atoms with E-state index in [4.69, 9.17) is 17.3 Å². The molecule has 1 amide bonds. The van der Waals surface area contributed by atoms with Gasteiger partial charge in [0.25, 0.3) is 5.91 Å². The van der Waals surface area contributed by atoms with Crippen LogP contribution in [0.1, 0.15) is 30.1 Å². The highest BCUT2D eigenvalue weighted by Gasteiger charge is 2.41. The third-order valence-electron chi connectivity index (χ3n) is 3.65. The lowest BCUT2D eigenvalue weighted by Crippen LogP contribution is -2.45. The van der Waals surface area contributed by atoms with Crippen LogP contribution in [0.15, 0.2) is 18.2 Å². The van der Waals surface area contributed by atoms with Crippen LogP contribution in [0.3, 0.4) is 0 Å². The van der Waals surface area contributed by atoms with Gasteiger partial charge < -0.3 is 10.6 Å². The molecule has 0 saturated heterocycles. The van der Waals surface area contributed by atoms with Crippen molar-refractivity contribution in [3.8, 4) is 0 Å². The molecule has 116 valence electrons. The molecule has 1 unspecified atom stereocenters. The second kappa shape index (κ2) is 5.75. The molecule has 2 rings (SSSR count). The fraction of sp³-hybridized carbons (Fsp3) is 0.500. The Morgan fingerprint density at radius 2 is 2.10 bits per heavy atom. The Labute approximate surface area is 125 Å². The highest BCUT2D eigenvalue weighted by molar-refractivity contribution is 6.31. The van der Waals surface area contributed by atoms with Gasteiger partial charge in [-0.15, -0.1) is 0 Å².